The van der Waals surface area contributed by atoms with Crippen LogP contribution < -0.4 is 0 Å². The van der Waals surface area contributed by atoms with E-state index in [1.165, 1.54) is 89.9 Å². The molecule has 0 spiro atoms. The van der Waals surface area contributed by atoms with Crippen LogP contribution in [0.5, 0.6) is 0 Å². The molecule has 69 heavy (non-hydrogen) atoms. The first-order valence-corrected chi connectivity index (χ1v) is 28.4. The van der Waals surface area contributed by atoms with E-state index in [1.807, 2.05) is 0 Å². The van der Waals surface area contributed by atoms with Crippen LogP contribution in [0, 0.1) is 0 Å². The summed E-state index contributed by atoms with van der Waals surface area (Å²) in [4.78, 5) is 38.1. The van der Waals surface area contributed by atoms with Gasteiger partial charge in [0.05, 0.1) is 0 Å². The quantitative estimate of drug-likeness (QED) is 0.0262. The minimum absolute atomic E-state index is 0.104. The fourth-order valence-corrected chi connectivity index (χ4v) is 7.54. The van der Waals surface area contributed by atoms with Crippen molar-refractivity contribution in [3.05, 3.63) is 109 Å². The van der Waals surface area contributed by atoms with Gasteiger partial charge < -0.3 is 14.2 Å². The van der Waals surface area contributed by atoms with Crippen molar-refractivity contribution in [1.29, 1.82) is 0 Å². The Balaban J connectivity index is 4.48. The fourth-order valence-electron chi connectivity index (χ4n) is 7.54. The van der Waals surface area contributed by atoms with Gasteiger partial charge in [0.1, 0.15) is 13.2 Å². The van der Waals surface area contributed by atoms with Crippen LogP contribution in [0.25, 0.3) is 0 Å². The summed E-state index contributed by atoms with van der Waals surface area (Å²) in [6.45, 7) is 6.35. The first kappa shape index (κ1) is 65.1. The van der Waals surface area contributed by atoms with E-state index < -0.39 is 6.10 Å². The predicted octanol–water partition coefficient (Wildman–Crippen LogP) is 19.1. The van der Waals surface area contributed by atoms with E-state index in [4.69, 9.17) is 14.2 Å². The van der Waals surface area contributed by atoms with Gasteiger partial charge in [0.15, 0.2) is 6.10 Å². The monoisotopic (exact) mass is 957 g/mol. The molecule has 6 heteroatoms. The molecule has 392 valence electrons. The highest BCUT2D eigenvalue weighted by molar-refractivity contribution is 5.71. The second-order valence-corrected chi connectivity index (χ2v) is 18.4. The molecule has 0 aromatic carbocycles. The minimum atomic E-state index is -0.811. The van der Waals surface area contributed by atoms with Gasteiger partial charge >= 0.3 is 17.9 Å². The largest absolute Gasteiger partial charge is 0.462 e. The van der Waals surface area contributed by atoms with Crippen LogP contribution in [0.4, 0.5) is 0 Å². The first-order chi connectivity index (χ1) is 34.0. The molecule has 6 nitrogen and oxygen atoms in total. The average molecular weight is 958 g/mol. The maximum absolute atomic E-state index is 12.8. The number of carbonyl (C=O) groups excluding carboxylic acids is 3. The summed E-state index contributed by atoms with van der Waals surface area (Å²) in [5.74, 6) is -0.973. The van der Waals surface area contributed by atoms with Crippen molar-refractivity contribution in [1.82, 2.24) is 0 Å². The van der Waals surface area contributed by atoms with Crippen LogP contribution in [0.1, 0.15) is 252 Å². The number of hydrogen-bond acceptors (Lipinski definition) is 6. The fraction of sp³-hybridized carbons (Fsp3) is 0.667. The van der Waals surface area contributed by atoms with Gasteiger partial charge in [-0.15, -0.1) is 0 Å². The maximum atomic E-state index is 12.8. The zero-order valence-corrected chi connectivity index (χ0v) is 44.8. The summed E-state index contributed by atoms with van der Waals surface area (Å²) >= 11 is 0. The highest BCUT2D eigenvalue weighted by Crippen LogP contribution is 2.14. The van der Waals surface area contributed by atoms with Gasteiger partial charge in [-0.2, -0.15) is 0 Å². The molecule has 0 rings (SSSR count). The first-order valence-electron chi connectivity index (χ1n) is 28.4. The Bertz CT molecular complexity index is 1420. The molecular weight excluding hydrogens is 853 g/mol. The third kappa shape index (κ3) is 54.9. The van der Waals surface area contributed by atoms with Crippen molar-refractivity contribution < 1.29 is 28.6 Å². The molecule has 0 unspecified atom stereocenters. The van der Waals surface area contributed by atoms with Crippen LogP contribution in [0.3, 0.4) is 0 Å². The van der Waals surface area contributed by atoms with Crippen LogP contribution in [-0.2, 0) is 28.6 Å². The summed E-state index contributed by atoms with van der Waals surface area (Å²) < 4.78 is 16.8. The molecule has 0 aromatic rings. The Kier molecular flexibility index (Phi) is 53.4. The molecule has 0 fully saturated rings. The SMILES string of the molecule is CC/C=C\C/C=C\C/C=C\C/C=C\CCCCCCC(=O)O[C@H](COC(=O)CCCC/C=C\C/C=C\C/C=C\C/C=C\CC)COC(=O)CCCCCCCCCCC/C=C\CCCCCCCC. The van der Waals surface area contributed by atoms with Crippen molar-refractivity contribution >= 4 is 17.9 Å². The lowest BCUT2D eigenvalue weighted by Gasteiger charge is -2.18. The summed E-state index contributed by atoms with van der Waals surface area (Å²) in [7, 11) is 0. The highest BCUT2D eigenvalue weighted by Gasteiger charge is 2.19. The smallest absolute Gasteiger partial charge is 0.306 e. The van der Waals surface area contributed by atoms with Crippen molar-refractivity contribution in [2.75, 3.05) is 13.2 Å². The zero-order chi connectivity index (χ0) is 50.0. The third-order valence-electron chi connectivity index (χ3n) is 11.7. The van der Waals surface area contributed by atoms with Crippen molar-refractivity contribution in [2.24, 2.45) is 0 Å². The summed E-state index contributed by atoms with van der Waals surface area (Å²) in [5, 5.41) is 0. The number of hydrogen-bond donors (Lipinski definition) is 0. The van der Waals surface area contributed by atoms with Gasteiger partial charge in [-0.3, -0.25) is 14.4 Å². The minimum Gasteiger partial charge on any atom is -0.462 e. The molecular formula is C63H104O6. The molecule has 1 atom stereocenters. The molecule has 0 aliphatic rings. The average Bonchev–Trinajstić information content (AvgIpc) is 3.35. The molecule has 0 bridgehead atoms. The molecule has 0 aliphatic heterocycles. The molecule has 0 aromatic heterocycles. The number of carbonyl (C=O) groups is 3. The van der Waals surface area contributed by atoms with Crippen LogP contribution in [0.15, 0.2) is 109 Å². The van der Waals surface area contributed by atoms with E-state index in [0.717, 1.165) is 122 Å². The van der Waals surface area contributed by atoms with Crippen molar-refractivity contribution in [3.8, 4) is 0 Å². The topological polar surface area (TPSA) is 78.9 Å². The Hall–Kier alpha value is -3.93. The lowest BCUT2D eigenvalue weighted by molar-refractivity contribution is -0.167. The Morgan fingerprint density at radius 3 is 0.928 bits per heavy atom. The highest BCUT2D eigenvalue weighted by atomic mass is 16.6. The van der Waals surface area contributed by atoms with E-state index in [1.54, 1.807) is 0 Å². The Labute approximate surface area is 425 Å². The normalized spacial score (nSPS) is 12.9. The summed E-state index contributed by atoms with van der Waals surface area (Å²) in [6.07, 6.45) is 76.5. The number of rotatable bonds is 50. The molecule has 0 amide bonds. The Morgan fingerprint density at radius 2 is 0.565 bits per heavy atom. The van der Waals surface area contributed by atoms with Gasteiger partial charge in [-0.05, 0) is 122 Å². The van der Waals surface area contributed by atoms with Crippen molar-refractivity contribution in [3.63, 3.8) is 0 Å². The van der Waals surface area contributed by atoms with Crippen LogP contribution >= 0.6 is 0 Å². The molecule has 0 N–H and O–H groups in total. The van der Waals surface area contributed by atoms with Crippen molar-refractivity contribution in [2.45, 2.75) is 258 Å². The standard InChI is InChI=1S/C63H104O6/c1-4-7-10-13-16-19-22-25-28-30-31-33-35-38-41-44-47-50-53-56-62(65)68-59-60(58-67-61(64)55-52-49-46-43-40-37-34-27-24-21-18-15-12-9-6-3)69-63(66)57-54-51-48-45-42-39-36-32-29-26-23-20-17-14-11-8-5-2/h8-9,11-12,17-18,20-21,25-29,34,36,39-40,43,60H,4-7,10,13-16,19,22-24,30-33,35,37-38,41-42,44-59H2,1-3H3/b11-8-,12-9-,20-17-,21-18-,28-25-,29-26-,34-27-,39-36-,43-40-/t60-/m1/s1. The maximum Gasteiger partial charge on any atom is 0.306 e. The summed E-state index contributed by atoms with van der Waals surface area (Å²) in [5.41, 5.74) is 0. The molecule has 0 saturated heterocycles. The lowest BCUT2D eigenvalue weighted by Crippen LogP contribution is -2.30. The second-order valence-electron chi connectivity index (χ2n) is 18.4. The molecule has 0 heterocycles. The van der Waals surface area contributed by atoms with Gasteiger partial charge in [0, 0.05) is 19.3 Å². The molecule has 0 aliphatic carbocycles. The number of allylic oxidation sites excluding steroid dienone is 18. The zero-order valence-electron chi connectivity index (χ0n) is 44.8. The van der Waals surface area contributed by atoms with Gasteiger partial charge in [-0.25, -0.2) is 0 Å². The van der Waals surface area contributed by atoms with E-state index in [0.29, 0.717) is 12.8 Å². The van der Waals surface area contributed by atoms with E-state index in [2.05, 4.69) is 130 Å². The molecule has 0 radical (unpaired) electrons. The van der Waals surface area contributed by atoms with Gasteiger partial charge in [-0.1, -0.05) is 220 Å². The molecule has 0 saturated carbocycles. The van der Waals surface area contributed by atoms with Crippen LogP contribution in [-0.4, -0.2) is 37.2 Å². The van der Waals surface area contributed by atoms with Crippen LogP contribution in [0.2, 0.25) is 0 Å². The Morgan fingerprint density at radius 1 is 0.304 bits per heavy atom. The number of esters is 3. The number of unbranched alkanes of at least 4 members (excludes halogenated alkanes) is 21. The van der Waals surface area contributed by atoms with E-state index >= 15 is 0 Å². The summed E-state index contributed by atoms with van der Waals surface area (Å²) in [6, 6.07) is 0. The van der Waals surface area contributed by atoms with Gasteiger partial charge in [0.2, 0.25) is 0 Å². The lowest BCUT2D eigenvalue weighted by atomic mass is 10.1. The predicted molar refractivity (Wildman–Crippen MR) is 297 cm³/mol. The van der Waals surface area contributed by atoms with Gasteiger partial charge in [0.25, 0.3) is 0 Å². The second kappa shape index (κ2) is 56.7. The third-order valence-corrected chi connectivity index (χ3v) is 11.7. The van der Waals surface area contributed by atoms with E-state index in [9.17, 15) is 14.4 Å². The van der Waals surface area contributed by atoms with E-state index in [-0.39, 0.29) is 37.5 Å². The number of ether oxygens (including phenoxy) is 3.